The van der Waals surface area contributed by atoms with E-state index in [2.05, 4.69) is 10.2 Å². The van der Waals surface area contributed by atoms with Crippen LogP contribution in [0, 0.1) is 0 Å². The first-order valence-corrected chi connectivity index (χ1v) is 6.07. The van der Waals surface area contributed by atoms with Crippen molar-refractivity contribution in [1.82, 2.24) is 10.2 Å². The Morgan fingerprint density at radius 1 is 1.47 bits per heavy atom. The molecule has 0 aliphatic carbocycles. The maximum atomic E-state index is 8.65. The Labute approximate surface area is 91.6 Å². The lowest BCUT2D eigenvalue weighted by Gasteiger charge is -2.35. The van der Waals surface area contributed by atoms with Gasteiger partial charge in [0.25, 0.3) is 0 Å². The fourth-order valence-corrected chi connectivity index (χ4v) is 2.48. The highest BCUT2D eigenvalue weighted by atomic mass is 16.5. The van der Waals surface area contributed by atoms with Crippen LogP contribution in [0.1, 0.15) is 19.3 Å². The average Bonchev–Trinajstić information content (AvgIpc) is 2.71. The quantitative estimate of drug-likeness (QED) is 0.623. The molecule has 15 heavy (non-hydrogen) atoms. The standard InChI is InChI=1S/C11H22N2O2/c14-6-2-4-12-7-11-8-13-5-1-3-10(13)9-15-11/h10-12,14H,1-9H2. The van der Waals surface area contributed by atoms with E-state index in [-0.39, 0.29) is 6.61 Å². The number of nitrogens with zero attached hydrogens (tertiary/aromatic N) is 1. The van der Waals surface area contributed by atoms with Crippen LogP contribution >= 0.6 is 0 Å². The van der Waals surface area contributed by atoms with Crippen LogP contribution in [0.2, 0.25) is 0 Å². The van der Waals surface area contributed by atoms with Crippen molar-refractivity contribution >= 4 is 0 Å². The van der Waals surface area contributed by atoms with Gasteiger partial charge in [0.05, 0.1) is 12.7 Å². The Balaban J connectivity index is 1.62. The minimum absolute atomic E-state index is 0.271. The second-order valence-electron chi connectivity index (χ2n) is 4.53. The van der Waals surface area contributed by atoms with E-state index >= 15 is 0 Å². The molecular formula is C11H22N2O2. The Morgan fingerprint density at radius 3 is 3.27 bits per heavy atom. The van der Waals surface area contributed by atoms with Crippen LogP contribution in [0.5, 0.6) is 0 Å². The van der Waals surface area contributed by atoms with Crippen LogP contribution in [-0.2, 0) is 4.74 Å². The van der Waals surface area contributed by atoms with E-state index < -0.39 is 0 Å². The molecule has 4 heteroatoms. The zero-order chi connectivity index (χ0) is 10.5. The SMILES string of the molecule is OCCCNCC1CN2CCCC2CO1. The first-order chi connectivity index (χ1) is 7.40. The summed E-state index contributed by atoms with van der Waals surface area (Å²) in [6.07, 6.45) is 3.82. The normalized spacial score (nSPS) is 31.8. The molecule has 2 aliphatic rings. The summed E-state index contributed by atoms with van der Waals surface area (Å²) < 4.78 is 5.81. The van der Waals surface area contributed by atoms with E-state index in [4.69, 9.17) is 9.84 Å². The maximum absolute atomic E-state index is 8.65. The van der Waals surface area contributed by atoms with Gasteiger partial charge in [-0.3, -0.25) is 4.90 Å². The van der Waals surface area contributed by atoms with Crippen molar-refractivity contribution < 1.29 is 9.84 Å². The van der Waals surface area contributed by atoms with E-state index in [1.165, 1.54) is 19.4 Å². The molecule has 0 radical (unpaired) electrons. The fraction of sp³-hybridized carbons (Fsp3) is 1.00. The highest BCUT2D eigenvalue weighted by Crippen LogP contribution is 2.22. The van der Waals surface area contributed by atoms with Gasteiger partial charge in [-0.05, 0) is 32.4 Å². The van der Waals surface area contributed by atoms with Crippen molar-refractivity contribution in [3.63, 3.8) is 0 Å². The van der Waals surface area contributed by atoms with Gasteiger partial charge in [0.15, 0.2) is 0 Å². The van der Waals surface area contributed by atoms with E-state index in [1.807, 2.05) is 0 Å². The Kier molecular flexibility index (Phi) is 4.38. The lowest BCUT2D eigenvalue weighted by atomic mass is 10.2. The topological polar surface area (TPSA) is 44.7 Å². The predicted molar refractivity (Wildman–Crippen MR) is 58.9 cm³/mol. The minimum Gasteiger partial charge on any atom is -0.396 e. The number of ether oxygens (including phenoxy) is 1. The molecule has 2 fully saturated rings. The highest BCUT2D eigenvalue weighted by molar-refractivity contribution is 4.85. The van der Waals surface area contributed by atoms with Crippen molar-refractivity contribution in [3.8, 4) is 0 Å². The van der Waals surface area contributed by atoms with Gasteiger partial charge in [0, 0.05) is 25.7 Å². The second kappa shape index (κ2) is 5.80. The molecule has 2 unspecified atom stereocenters. The van der Waals surface area contributed by atoms with Gasteiger partial charge >= 0.3 is 0 Å². The summed E-state index contributed by atoms with van der Waals surface area (Å²) in [5, 5.41) is 12.0. The predicted octanol–water partition coefficient (Wildman–Crippen LogP) is -0.178. The van der Waals surface area contributed by atoms with Crippen molar-refractivity contribution in [3.05, 3.63) is 0 Å². The first kappa shape index (κ1) is 11.3. The third-order valence-electron chi connectivity index (χ3n) is 3.35. The molecule has 2 N–H and O–H groups in total. The number of morpholine rings is 1. The number of aliphatic hydroxyl groups excluding tert-OH is 1. The smallest absolute Gasteiger partial charge is 0.0826 e. The zero-order valence-electron chi connectivity index (χ0n) is 9.32. The van der Waals surface area contributed by atoms with Crippen molar-refractivity contribution in [1.29, 1.82) is 0 Å². The molecule has 2 rings (SSSR count). The third kappa shape index (κ3) is 3.14. The summed E-state index contributed by atoms with van der Waals surface area (Å²) in [7, 11) is 0. The highest BCUT2D eigenvalue weighted by Gasteiger charge is 2.31. The van der Waals surface area contributed by atoms with Gasteiger partial charge in [-0.25, -0.2) is 0 Å². The van der Waals surface area contributed by atoms with Crippen molar-refractivity contribution in [2.24, 2.45) is 0 Å². The number of hydrogen-bond acceptors (Lipinski definition) is 4. The number of fused-ring (bicyclic) bond motifs is 1. The van der Waals surface area contributed by atoms with Crippen molar-refractivity contribution in [2.75, 3.05) is 39.4 Å². The van der Waals surface area contributed by atoms with Crippen LogP contribution in [0.25, 0.3) is 0 Å². The Bertz CT molecular complexity index is 189. The number of nitrogens with one attached hydrogen (secondary N) is 1. The van der Waals surface area contributed by atoms with Gasteiger partial charge in [-0.15, -0.1) is 0 Å². The number of aliphatic hydroxyl groups is 1. The average molecular weight is 214 g/mol. The molecule has 0 aromatic rings. The summed E-state index contributed by atoms with van der Waals surface area (Å²) in [5.41, 5.74) is 0. The number of hydrogen-bond donors (Lipinski definition) is 2. The molecule has 0 bridgehead atoms. The molecule has 2 saturated heterocycles. The van der Waals surface area contributed by atoms with Gasteiger partial charge in [0.1, 0.15) is 0 Å². The summed E-state index contributed by atoms with van der Waals surface area (Å²) in [6.45, 7) is 5.32. The molecule has 0 aromatic carbocycles. The van der Waals surface area contributed by atoms with Crippen LogP contribution in [0.4, 0.5) is 0 Å². The van der Waals surface area contributed by atoms with E-state index in [9.17, 15) is 0 Å². The Hall–Kier alpha value is -0.160. The minimum atomic E-state index is 0.271. The number of rotatable bonds is 5. The summed E-state index contributed by atoms with van der Waals surface area (Å²) in [5.74, 6) is 0. The molecule has 0 spiro atoms. The van der Waals surface area contributed by atoms with Gasteiger partial charge < -0.3 is 15.2 Å². The lowest BCUT2D eigenvalue weighted by Crippen LogP contribution is -2.49. The van der Waals surface area contributed by atoms with Crippen LogP contribution in [-0.4, -0.2) is 61.5 Å². The molecule has 2 atom stereocenters. The fourth-order valence-electron chi connectivity index (χ4n) is 2.48. The molecule has 88 valence electrons. The zero-order valence-corrected chi connectivity index (χ0v) is 9.32. The molecule has 0 saturated carbocycles. The summed E-state index contributed by atoms with van der Waals surface area (Å²) in [6, 6.07) is 0.693. The largest absolute Gasteiger partial charge is 0.396 e. The third-order valence-corrected chi connectivity index (χ3v) is 3.35. The van der Waals surface area contributed by atoms with E-state index in [0.29, 0.717) is 12.1 Å². The Morgan fingerprint density at radius 2 is 2.40 bits per heavy atom. The molecule has 2 heterocycles. The van der Waals surface area contributed by atoms with Gasteiger partial charge in [-0.1, -0.05) is 0 Å². The molecule has 0 amide bonds. The summed E-state index contributed by atoms with van der Waals surface area (Å²) >= 11 is 0. The second-order valence-corrected chi connectivity index (χ2v) is 4.53. The van der Waals surface area contributed by atoms with E-state index in [0.717, 1.165) is 32.7 Å². The molecule has 0 aromatic heterocycles. The molecular weight excluding hydrogens is 192 g/mol. The molecule has 2 aliphatic heterocycles. The van der Waals surface area contributed by atoms with Crippen molar-refractivity contribution in [2.45, 2.75) is 31.4 Å². The van der Waals surface area contributed by atoms with Crippen LogP contribution in [0.15, 0.2) is 0 Å². The molecule has 4 nitrogen and oxygen atoms in total. The lowest BCUT2D eigenvalue weighted by molar-refractivity contribution is -0.0469. The van der Waals surface area contributed by atoms with E-state index in [1.54, 1.807) is 0 Å². The van der Waals surface area contributed by atoms with Crippen LogP contribution < -0.4 is 5.32 Å². The maximum Gasteiger partial charge on any atom is 0.0826 e. The summed E-state index contributed by atoms with van der Waals surface area (Å²) in [4.78, 5) is 2.56. The van der Waals surface area contributed by atoms with Crippen LogP contribution in [0.3, 0.4) is 0 Å². The monoisotopic (exact) mass is 214 g/mol. The van der Waals surface area contributed by atoms with Gasteiger partial charge in [0.2, 0.25) is 0 Å². The first-order valence-electron chi connectivity index (χ1n) is 6.07. The van der Waals surface area contributed by atoms with Gasteiger partial charge in [-0.2, -0.15) is 0 Å².